The zero-order chi connectivity index (χ0) is 24.4. The molecule has 1 heterocycles. The highest BCUT2D eigenvalue weighted by Gasteiger charge is 2.38. The number of aliphatic hydroxyl groups excluding tert-OH is 1. The Bertz CT molecular complexity index is 851. The van der Waals surface area contributed by atoms with Crippen molar-refractivity contribution in [2.75, 3.05) is 26.2 Å². The molecule has 0 saturated carbocycles. The largest absolute Gasteiger partial charge is 0.493 e. The molecule has 10 heteroatoms. The van der Waals surface area contributed by atoms with Crippen LogP contribution in [0.15, 0.2) is 48.5 Å². The van der Waals surface area contributed by atoms with E-state index in [0.29, 0.717) is 12.5 Å². The lowest BCUT2D eigenvalue weighted by Crippen LogP contribution is -2.36. The van der Waals surface area contributed by atoms with Crippen LogP contribution < -0.4 is 4.74 Å². The van der Waals surface area contributed by atoms with Crippen molar-refractivity contribution in [2.45, 2.75) is 31.5 Å². The van der Waals surface area contributed by atoms with Crippen LogP contribution in [0.3, 0.4) is 0 Å². The monoisotopic (exact) mass is 475 g/mol. The Morgan fingerprint density at radius 3 is 2.12 bits per heavy atom. The molecule has 5 nitrogen and oxygen atoms in total. The lowest BCUT2D eigenvalue weighted by Gasteiger charge is -2.34. The maximum absolute atomic E-state index is 13.1. The lowest BCUT2D eigenvalue weighted by atomic mass is 9.87. The summed E-state index contributed by atoms with van der Waals surface area (Å²) in [4.78, 5) is 11.2. The van der Waals surface area contributed by atoms with Crippen LogP contribution in [0.5, 0.6) is 5.75 Å². The molecule has 1 saturated heterocycles. The maximum atomic E-state index is 13.1. The number of aliphatic hydroxyl groups is 1. The van der Waals surface area contributed by atoms with E-state index in [1.165, 1.54) is 12.1 Å². The molecule has 2 aromatic rings. The second-order valence-corrected chi connectivity index (χ2v) is 7.64. The van der Waals surface area contributed by atoms with Crippen molar-refractivity contribution in [1.82, 2.24) is 4.90 Å². The Balaban J connectivity index is 0.000000479. The van der Waals surface area contributed by atoms with Crippen LogP contribution >= 0.6 is 0 Å². The van der Waals surface area contributed by atoms with E-state index in [0.717, 1.165) is 50.5 Å². The van der Waals surface area contributed by atoms with Crippen molar-refractivity contribution >= 4 is 5.97 Å². The number of halogens is 5. The Kier molecular flexibility index (Phi) is 10.1. The molecule has 2 aromatic carbocycles. The fourth-order valence-electron chi connectivity index (χ4n) is 3.50. The summed E-state index contributed by atoms with van der Waals surface area (Å²) in [5, 5.41) is 17.6. The molecular formula is C23H26F5NO4. The lowest BCUT2D eigenvalue weighted by molar-refractivity contribution is -0.192. The molecule has 0 radical (unpaired) electrons. The second kappa shape index (κ2) is 12.5. The quantitative estimate of drug-likeness (QED) is 0.444. The normalized spacial score (nSPS) is 15.9. The van der Waals surface area contributed by atoms with E-state index in [1.54, 1.807) is 0 Å². The summed E-state index contributed by atoms with van der Waals surface area (Å²) in [6, 6.07) is 13.0. The van der Waals surface area contributed by atoms with Crippen LogP contribution in [0.25, 0.3) is 0 Å². The van der Waals surface area contributed by atoms with Gasteiger partial charge in [0.15, 0.2) is 0 Å². The van der Waals surface area contributed by atoms with Crippen molar-refractivity contribution in [3.8, 4) is 5.75 Å². The first kappa shape index (κ1) is 26.5. The first-order chi connectivity index (χ1) is 15.6. The Morgan fingerprint density at radius 2 is 1.61 bits per heavy atom. The van der Waals surface area contributed by atoms with Gasteiger partial charge in [-0.1, -0.05) is 30.3 Å². The summed E-state index contributed by atoms with van der Waals surface area (Å²) in [5.74, 6) is -3.49. The minimum absolute atomic E-state index is 0.229. The van der Waals surface area contributed by atoms with Crippen LogP contribution in [0.4, 0.5) is 22.0 Å². The molecule has 1 aliphatic rings. The van der Waals surface area contributed by atoms with Gasteiger partial charge in [0.25, 0.3) is 0 Å². The van der Waals surface area contributed by atoms with Crippen LogP contribution in [0.1, 0.15) is 30.9 Å². The third-order valence-electron chi connectivity index (χ3n) is 5.19. The van der Waals surface area contributed by atoms with E-state index in [2.05, 4.69) is 4.90 Å². The molecule has 2 N–H and O–H groups in total. The third-order valence-corrected chi connectivity index (χ3v) is 5.19. The van der Waals surface area contributed by atoms with E-state index in [9.17, 15) is 27.1 Å². The highest BCUT2D eigenvalue weighted by molar-refractivity contribution is 5.73. The van der Waals surface area contributed by atoms with Gasteiger partial charge in [0.05, 0.1) is 12.7 Å². The van der Waals surface area contributed by atoms with Gasteiger partial charge >= 0.3 is 12.1 Å². The van der Waals surface area contributed by atoms with Crippen LogP contribution in [-0.2, 0) is 4.79 Å². The van der Waals surface area contributed by atoms with Gasteiger partial charge in [0, 0.05) is 24.7 Å². The van der Waals surface area contributed by atoms with E-state index in [-0.39, 0.29) is 5.75 Å². The smallest absolute Gasteiger partial charge is 0.490 e. The van der Waals surface area contributed by atoms with Gasteiger partial charge in [-0.2, -0.15) is 13.2 Å². The number of likely N-dealkylation sites (tertiary alicyclic amines) is 1. The summed E-state index contributed by atoms with van der Waals surface area (Å²) >= 11 is 0. The number of hydrogen-bond acceptors (Lipinski definition) is 4. The number of nitrogens with zero attached hydrogens (tertiary/aromatic N) is 1. The van der Waals surface area contributed by atoms with E-state index in [1.807, 2.05) is 30.3 Å². The molecule has 1 fully saturated rings. The number of carbonyl (C=O) groups is 1. The third kappa shape index (κ3) is 9.35. The molecule has 0 aliphatic carbocycles. The molecule has 0 spiro atoms. The molecule has 1 atom stereocenters. The standard InChI is InChI=1S/C21H25F2NO2.C2HF3O2/c22-18-13-19(23)15-20(14-18)26-12-4-9-24-10-7-17(8-11-24)21(25)16-5-2-1-3-6-16;3-2(4,5)1(6)7/h1-3,5-6,13-15,17,21,25H,4,7-12H2;(H,6,7). The van der Waals surface area contributed by atoms with E-state index in [4.69, 9.17) is 14.6 Å². The van der Waals surface area contributed by atoms with Crippen molar-refractivity contribution in [1.29, 1.82) is 0 Å². The highest BCUT2D eigenvalue weighted by atomic mass is 19.4. The second-order valence-electron chi connectivity index (χ2n) is 7.64. The summed E-state index contributed by atoms with van der Waals surface area (Å²) in [6.45, 7) is 3.20. The van der Waals surface area contributed by atoms with Gasteiger partial charge in [0.1, 0.15) is 17.4 Å². The Hall–Kier alpha value is -2.72. The van der Waals surface area contributed by atoms with Gasteiger partial charge in [-0.05, 0) is 43.8 Å². The average molecular weight is 475 g/mol. The van der Waals surface area contributed by atoms with Crippen molar-refractivity contribution in [3.05, 3.63) is 65.7 Å². The number of aliphatic carboxylic acids is 1. The molecule has 0 amide bonds. The van der Waals surface area contributed by atoms with Crippen molar-refractivity contribution < 1.29 is 41.7 Å². The topological polar surface area (TPSA) is 70.0 Å². The summed E-state index contributed by atoms with van der Waals surface area (Å²) in [5.41, 5.74) is 0.988. The summed E-state index contributed by atoms with van der Waals surface area (Å²) < 4.78 is 63.4. The SMILES string of the molecule is O=C(O)C(F)(F)F.OC(c1ccccc1)C1CCN(CCCOc2cc(F)cc(F)c2)CC1. The molecule has 1 unspecified atom stereocenters. The zero-order valence-corrected chi connectivity index (χ0v) is 17.8. The molecule has 182 valence electrons. The average Bonchev–Trinajstić information content (AvgIpc) is 2.76. The fraction of sp³-hybridized carbons (Fsp3) is 0.435. The van der Waals surface area contributed by atoms with Crippen LogP contribution in [0, 0.1) is 17.6 Å². The zero-order valence-electron chi connectivity index (χ0n) is 17.8. The van der Waals surface area contributed by atoms with Crippen LogP contribution in [0.2, 0.25) is 0 Å². The molecule has 33 heavy (non-hydrogen) atoms. The van der Waals surface area contributed by atoms with Crippen LogP contribution in [-0.4, -0.2) is 53.5 Å². The van der Waals surface area contributed by atoms with E-state index < -0.39 is 29.9 Å². The number of carboxylic acid groups (broad SMARTS) is 1. The van der Waals surface area contributed by atoms with Gasteiger partial charge in [0.2, 0.25) is 0 Å². The molecule has 3 rings (SSSR count). The first-order valence-corrected chi connectivity index (χ1v) is 10.4. The molecule has 0 aromatic heterocycles. The van der Waals surface area contributed by atoms with Crippen molar-refractivity contribution in [2.24, 2.45) is 5.92 Å². The minimum atomic E-state index is -5.08. The van der Waals surface area contributed by atoms with E-state index >= 15 is 0 Å². The minimum Gasteiger partial charge on any atom is -0.493 e. The summed E-state index contributed by atoms with van der Waals surface area (Å²) in [7, 11) is 0. The highest BCUT2D eigenvalue weighted by Crippen LogP contribution is 2.30. The summed E-state index contributed by atoms with van der Waals surface area (Å²) in [6.07, 6.45) is -2.76. The number of carboxylic acids is 1. The Morgan fingerprint density at radius 1 is 1.06 bits per heavy atom. The number of rotatable bonds is 7. The number of hydrogen-bond donors (Lipinski definition) is 2. The number of piperidine rings is 1. The van der Waals surface area contributed by atoms with Crippen molar-refractivity contribution in [3.63, 3.8) is 0 Å². The Labute approximate surface area is 188 Å². The number of benzene rings is 2. The fourth-order valence-corrected chi connectivity index (χ4v) is 3.50. The first-order valence-electron chi connectivity index (χ1n) is 10.4. The van der Waals surface area contributed by atoms with Gasteiger partial charge < -0.3 is 19.8 Å². The number of alkyl halides is 3. The predicted octanol–water partition coefficient (Wildman–Crippen LogP) is 4.81. The van der Waals surface area contributed by atoms with Gasteiger partial charge in [-0.25, -0.2) is 13.6 Å². The predicted molar refractivity (Wildman–Crippen MR) is 111 cm³/mol. The van der Waals surface area contributed by atoms with Gasteiger partial charge in [-0.15, -0.1) is 0 Å². The molecule has 0 bridgehead atoms. The number of ether oxygens (including phenoxy) is 1. The maximum Gasteiger partial charge on any atom is 0.490 e. The van der Waals surface area contributed by atoms with Gasteiger partial charge in [-0.3, -0.25) is 0 Å². The molecular weight excluding hydrogens is 449 g/mol. The molecule has 1 aliphatic heterocycles.